The predicted molar refractivity (Wildman–Crippen MR) is 66.8 cm³/mol. The minimum Gasteiger partial charge on any atom is -0.443 e. The first kappa shape index (κ1) is 12.5. The van der Waals surface area contributed by atoms with Crippen molar-refractivity contribution < 1.29 is 14.3 Å². The van der Waals surface area contributed by atoms with Gasteiger partial charge in [0.25, 0.3) is 0 Å². The molecule has 1 aliphatic rings. The summed E-state index contributed by atoms with van der Waals surface area (Å²) >= 11 is 0. The molecule has 18 heavy (non-hydrogen) atoms. The molecular weight excluding hydrogens is 232 g/mol. The topological polar surface area (TPSA) is 59.5 Å². The molecule has 0 saturated heterocycles. The fourth-order valence-corrected chi connectivity index (χ4v) is 1.81. The molecule has 2 heterocycles. The lowest BCUT2D eigenvalue weighted by Crippen LogP contribution is -2.41. The molecule has 1 amide bonds. The van der Waals surface area contributed by atoms with E-state index in [1.807, 2.05) is 20.8 Å². The summed E-state index contributed by atoms with van der Waals surface area (Å²) in [6.07, 6.45) is 2.93. The molecule has 0 saturated carbocycles. The molecule has 1 aromatic heterocycles. The summed E-state index contributed by atoms with van der Waals surface area (Å²) in [6, 6.07) is 1.66. The molecule has 0 fully saturated rings. The third kappa shape index (κ3) is 2.50. The SMILES string of the molecule is CC(C)(C)OC(=O)N1CCC(=O)c2cnccc21. The fourth-order valence-electron chi connectivity index (χ4n) is 1.81. The van der Waals surface area contributed by atoms with Crippen molar-refractivity contribution in [1.29, 1.82) is 0 Å². The Hall–Kier alpha value is -1.91. The molecule has 5 nitrogen and oxygen atoms in total. The van der Waals surface area contributed by atoms with Crippen LogP contribution in [0.1, 0.15) is 37.6 Å². The number of hydrogen-bond acceptors (Lipinski definition) is 4. The summed E-state index contributed by atoms with van der Waals surface area (Å²) in [7, 11) is 0. The minimum atomic E-state index is -0.550. The number of ether oxygens (including phenoxy) is 1. The monoisotopic (exact) mass is 248 g/mol. The van der Waals surface area contributed by atoms with Crippen molar-refractivity contribution in [3.05, 3.63) is 24.0 Å². The zero-order valence-electron chi connectivity index (χ0n) is 10.8. The van der Waals surface area contributed by atoms with Crippen LogP contribution in [-0.4, -0.2) is 29.0 Å². The molecule has 0 aromatic carbocycles. The van der Waals surface area contributed by atoms with Gasteiger partial charge in [-0.3, -0.25) is 14.7 Å². The van der Waals surface area contributed by atoms with E-state index in [9.17, 15) is 9.59 Å². The maximum absolute atomic E-state index is 12.1. The number of pyridine rings is 1. The van der Waals surface area contributed by atoms with E-state index in [1.165, 1.54) is 11.1 Å². The number of carbonyl (C=O) groups is 2. The second kappa shape index (κ2) is 4.40. The maximum atomic E-state index is 12.1. The predicted octanol–water partition coefficient (Wildman–Crippen LogP) is 2.41. The quantitative estimate of drug-likeness (QED) is 0.707. The van der Waals surface area contributed by atoms with Crippen LogP contribution in [0.5, 0.6) is 0 Å². The van der Waals surface area contributed by atoms with Gasteiger partial charge in [0.1, 0.15) is 5.60 Å². The molecular formula is C13H16N2O3. The molecule has 2 rings (SSSR count). The number of rotatable bonds is 0. The van der Waals surface area contributed by atoms with Gasteiger partial charge in [-0.15, -0.1) is 0 Å². The van der Waals surface area contributed by atoms with E-state index in [1.54, 1.807) is 12.3 Å². The third-order valence-corrected chi connectivity index (χ3v) is 2.57. The summed E-state index contributed by atoms with van der Waals surface area (Å²) < 4.78 is 5.32. The fraction of sp³-hybridized carbons (Fsp3) is 0.462. The van der Waals surface area contributed by atoms with Crippen LogP contribution in [0.3, 0.4) is 0 Å². The first-order valence-corrected chi connectivity index (χ1v) is 5.86. The van der Waals surface area contributed by atoms with Gasteiger partial charge in [-0.05, 0) is 26.8 Å². The van der Waals surface area contributed by atoms with Gasteiger partial charge in [-0.2, -0.15) is 0 Å². The van der Waals surface area contributed by atoms with Crippen molar-refractivity contribution in [2.24, 2.45) is 0 Å². The lowest BCUT2D eigenvalue weighted by molar-refractivity contribution is 0.0577. The van der Waals surface area contributed by atoms with E-state index < -0.39 is 11.7 Å². The number of nitrogens with zero attached hydrogens (tertiary/aromatic N) is 2. The number of amides is 1. The number of hydrogen-bond donors (Lipinski definition) is 0. The first-order chi connectivity index (χ1) is 8.38. The van der Waals surface area contributed by atoms with Crippen LogP contribution in [0.25, 0.3) is 0 Å². The Bertz CT molecular complexity index is 491. The Morgan fingerprint density at radius 1 is 1.44 bits per heavy atom. The Kier molecular flexibility index (Phi) is 3.07. The van der Waals surface area contributed by atoms with E-state index in [2.05, 4.69) is 4.98 Å². The highest BCUT2D eigenvalue weighted by atomic mass is 16.6. The van der Waals surface area contributed by atoms with E-state index in [4.69, 9.17) is 4.74 Å². The number of ketones is 1. The zero-order chi connectivity index (χ0) is 13.3. The highest BCUT2D eigenvalue weighted by molar-refractivity contribution is 6.07. The molecule has 0 atom stereocenters. The maximum Gasteiger partial charge on any atom is 0.414 e. The van der Waals surface area contributed by atoms with E-state index in [0.717, 1.165) is 0 Å². The number of anilines is 1. The average Bonchev–Trinajstić information content (AvgIpc) is 2.27. The second-order valence-electron chi connectivity index (χ2n) is 5.20. The lowest BCUT2D eigenvalue weighted by Gasteiger charge is -2.30. The van der Waals surface area contributed by atoms with E-state index >= 15 is 0 Å². The van der Waals surface area contributed by atoms with Gasteiger partial charge in [-0.25, -0.2) is 4.79 Å². The summed E-state index contributed by atoms with van der Waals surface area (Å²) in [5.74, 6) is 0.0120. The molecule has 0 unspecified atom stereocenters. The molecule has 1 aliphatic heterocycles. The molecule has 5 heteroatoms. The first-order valence-electron chi connectivity index (χ1n) is 5.86. The minimum absolute atomic E-state index is 0.0120. The van der Waals surface area contributed by atoms with Crippen molar-refractivity contribution >= 4 is 17.6 Å². The van der Waals surface area contributed by atoms with Crippen molar-refractivity contribution in [3.63, 3.8) is 0 Å². The molecule has 0 aliphatic carbocycles. The van der Waals surface area contributed by atoms with Crippen molar-refractivity contribution in [1.82, 2.24) is 4.98 Å². The average molecular weight is 248 g/mol. The molecule has 1 aromatic rings. The standard InChI is InChI=1S/C13H16N2O3/c1-13(2,3)18-12(17)15-7-5-11(16)9-8-14-6-4-10(9)15/h4,6,8H,5,7H2,1-3H3. The summed E-state index contributed by atoms with van der Waals surface area (Å²) in [5, 5.41) is 0. The van der Waals surface area contributed by atoms with Crippen LogP contribution >= 0.6 is 0 Å². The Morgan fingerprint density at radius 3 is 2.83 bits per heavy atom. The van der Waals surface area contributed by atoms with Gasteiger partial charge in [-0.1, -0.05) is 0 Å². The Morgan fingerprint density at radius 2 is 2.17 bits per heavy atom. The molecule has 0 radical (unpaired) electrons. The van der Waals surface area contributed by atoms with Gasteiger partial charge >= 0.3 is 6.09 Å². The van der Waals surface area contributed by atoms with Gasteiger partial charge in [0.15, 0.2) is 5.78 Å². The zero-order valence-corrected chi connectivity index (χ0v) is 10.8. The molecule has 0 spiro atoms. The molecule has 96 valence electrons. The Labute approximate surface area is 106 Å². The third-order valence-electron chi connectivity index (χ3n) is 2.57. The highest BCUT2D eigenvalue weighted by Crippen LogP contribution is 2.27. The Balaban J connectivity index is 2.29. The number of aromatic nitrogens is 1. The van der Waals surface area contributed by atoms with Crippen LogP contribution in [-0.2, 0) is 4.74 Å². The van der Waals surface area contributed by atoms with Crippen molar-refractivity contribution in [2.75, 3.05) is 11.4 Å². The lowest BCUT2D eigenvalue weighted by atomic mass is 10.0. The van der Waals surface area contributed by atoms with Gasteiger partial charge in [0.2, 0.25) is 0 Å². The van der Waals surface area contributed by atoms with Gasteiger partial charge in [0.05, 0.1) is 11.3 Å². The summed E-state index contributed by atoms with van der Waals surface area (Å²) in [6.45, 7) is 5.79. The van der Waals surface area contributed by atoms with Crippen molar-refractivity contribution in [3.8, 4) is 0 Å². The molecule has 0 bridgehead atoms. The van der Waals surface area contributed by atoms with Crippen LogP contribution in [0.15, 0.2) is 18.5 Å². The van der Waals surface area contributed by atoms with E-state index in [0.29, 0.717) is 24.2 Å². The highest BCUT2D eigenvalue weighted by Gasteiger charge is 2.30. The number of fused-ring (bicyclic) bond motifs is 1. The summed E-state index contributed by atoms with van der Waals surface area (Å²) in [5.41, 5.74) is 0.510. The van der Waals surface area contributed by atoms with Crippen LogP contribution < -0.4 is 4.90 Å². The van der Waals surface area contributed by atoms with Gasteiger partial charge in [0, 0.05) is 25.4 Å². The number of carbonyl (C=O) groups excluding carboxylic acids is 2. The van der Waals surface area contributed by atoms with Crippen molar-refractivity contribution in [2.45, 2.75) is 32.8 Å². The van der Waals surface area contributed by atoms with Crippen LogP contribution in [0, 0.1) is 0 Å². The second-order valence-corrected chi connectivity index (χ2v) is 5.20. The number of Topliss-reactive ketones (excluding diaryl/α,β-unsaturated/α-hetero) is 1. The largest absolute Gasteiger partial charge is 0.443 e. The van der Waals surface area contributed by atoms with Gasteiger partial charge < -0.3 is 4.74 Å². The smallest absolute Gasteiger partial charge is 0.414 e. The van der Waals surface area contributed by atoms with Crippen LogP contribution in [0.4, 0.5) is 10.5 Å². The van der Waals surface area contributed by atoms with Crippen LogP contribution in [0.2, 0.25) is 0 Å². The molecule has 0 N–H and O–H groups in total. The summed E-state index contributed by atoms with van der Waals surface area (Å²) in [4.78, 5) is 29.2. The normalized spacial score (nSPS) is 15.3. The van der Waals surface area contributed by atoms with E-state index in [-0.39, 0.29) is 5.78 Å².